The second-order valence-corrected chi connectivity index (χ2v) is 6.20. The molecule has 1 atom stereocenters. The second-order valence-electron chi connectivity index (χ2n) is 5.76. The number of rotatable bonds is 6. The zero-order valence-corrected chi connectivity index (χ0v) is 15.7. The van der Waals surface area contributed by atoms with E-state index >= 15 is 0 Å². The van der Waals surface area contributed by atoms with Crippen LogP contribution in [0.5, 0.6) is 11.5 Å². The molecule has 0 bridgehead atoms. The molecule has 2 aromatic carbocycles. The molecule has 2 aromatic rings. The molecule has 1 unspecified atom stereocenters. The van der Waals surface area contributed by atoms with Gasteiger partial charge in [0, 0.05) is 12.0 Å². The minimum atomic E-state index is -0.514. The summed E-state index contributed by atoms with van der Waals surface area (Å²) in [5.41, 5.74) is 10.7. The fourth-order valence-electron chi connectivity index (χ4n) is 2.98. The number of benzene rings is 2. The lowest BCUT2D eigenvalue weighted by Crippen LogP contribution is -2.26. The van der Waals surface area contributed by atoms with Crippen LogP contribution in [0.15, 0.2) is 47.6 Å². The molecular weight excluding hydrogens is 366 g/mol. The number of carbonyl (C=O) groups is 1. The van der Waals surface area contributed by atoms with Gasteiger partial charge >= 0.3 is 5.97 Å². The Labute approximate surface area is 162 Å². The van der Waals surface area contributed by atoms with E-state index in [9.17, 15) is 4.79 Å². The third-order valence-corrected chi connectivity index (χ3v) is 4.26. The van der Waals surface area contributed by atoms with Gasteiger partial charge in [0.25, 0.3) is 0 Å². The van der Waals surface area contributed by atoms with E-state index in [4.69, 9.17) is 32.2 Å². The van der Waals surface area contributed by atoms with Gasteiger partial charge in [-0.15, -0.1) is 0 Å². The number of nitrogens with one attached hydrogen (secondary N) is 1. The van der Waals surface area contributed by atoms with Gasteiger partial charge in [-0.25, -0.2) is 4.79 Å². The number of carbonyl (C=O) groups excluding carboxylic acids is 1. The Morgan fingerprint density at radius 1 is 1.22 bits per heavy atom. The van der Waals surface area contributed by atoms with E-state index in [0.717, 1.165) is 11.1 Å². The Morgan fingerprint density at radius 3 is 2.59 bits per heavy atom. The minimum absolute atomic E-state index is 0.0543. The number of hydrazone groups is 1. The molecule has 0 radical (unpaired) electrons. The van der Waals surface area contributed by atoms with Gasteiger partial charge in [-0.1, -0.05) is 36.4 Å². The molecule has 0 amide bonds. The van der Waals surface area contributed by atoms with Crippen molar-refractivity contribution in [3.63, 3.8) is 0 Å². The molecule has 0 saturated heterocycles. The predicted molar refractivity (Wildman–Crippen MR) is 105 cm³/mol. The average molecular weight is 385 g/mol. The molecule has 3 N–H and O–H groups in total. The van der Waals surface area contributed by atoms with Crippen LogP contribution in [-0.4, -0.2) is 31.0 Å². The van der Waals surface area contributed by atoms with Gasteiger partial charge in [-0.3, -0.25) is 5.43 Å². The number of hydrogen-bond acceptors (Lipinski definition) is 6. The van der Waals surface area contributed by atoms with E-state index < -0.39 is 12.1 Å². The number of nitrogens with zero attached hydrogens (tertiary/aromatic N) is 1. The van der Waals surface area contributed by atoms with E-state index in [1.165, 1.54) is 14.2 Å². The third kappa shape index (κ3) is 3.85. The Morgan fingerprint density at radius 2 is 1.96 bits per heavy atom. The Bertz CT molecular complexity index is 899. The topological polar surface area (TPSA) is 95.2 Å². The van der Waals surface area contributed by atoms with Gasteiger partial charge in [-0.2, -0.15) is 5.10 Å². The number of ether oxygens (including phenoxy) is 3. The Kier molecular flexibility index (Phi) is 5.56. The van der Waals surface area contributed by atoms with Crippen molar-refractivity contribution in [1.82, 2.24) is 5.43 Å². The normalized spacial score (nSPS) is 15.7. The van der Waals surface area contributed by atoms with Gasteiger partial charge < -0.3 is 19.9 Å². The molecule has 3 rings (SSSR count). The molecular formula is C19H19N3O4S. The largest absolute Gasteiger partial charge is 0.493 e. The first kappa shape index (κ1) is 18.7. The number of nitrogens with two attached hydrogens (primary N) is 1. The summed E-state index contributed by atoms with van der Waals surface area (Å²) in [5.74, 6) is 0.378. The van der Waals surface area contributed by atoms with Gasteiger partial charge in [0.2, 0.25) is 0 Å². The third-order valence-electron chi connectivity index (χ3n) is 4.16. The molecule has 1 aliphatic rings. The van der Waals surface area contributed by atoms with Crippen molar-refractivity contribution in [1.29, 1.82) is 0 Å². The SMILES string of the molecule is COc1ccc2c(c1OC)C(=O)OC2CC(=NNC(N)=S)c1ccccc1. The van der Waals surface area contributed by atoms with E-state index in [-0.39, 0.29) is 5.11 Å². The first-order valence-corrected chi connectivity index (χ1v) is 8.59. The van der Waals surface area contributed by atoms with Crippen molar-refractivity contribution in [2.45, 2.75) is 12.5 Å². The summed E-state index contributed by atoms with van der Waals surface area (Å²) >= 11 is 4.83. The van der Waals surface area contributed by atoms with Crippen molar-refractivity contribution < 1.29 is 19.0 Å². The van der Waals surface area contributed by atoms with Gasteiger partial charge in [0.05, 0.1) is 19.9 Å². The van der Waals surface area contributed by atoms with Crippen molar-refractivity contribution in [2.75, 3.05) is 14.2 Å². The van der Waals surface area contributed by atoms with Crippen molar-refractivity contribution >= 4 is 29.0 Å². The summed E-state index contributed by atoms with van der Waals surface area (Å²) in [5, 5.41) is 4.34. The number of methoxy groups -OCH3 is 2. The highest BCUT2D eigenvalue weighted by Crippen LogP contribution is 2.43. The fraction of sp³-hybridized carbons (Fsp3) is 0.211. The van der Waals surface area contributed by atoms with Crippen LogP contribution < -0.4 is 20.6 Å². The second kappa shape index (κ2) is 8.05. The number of hydrogen-bond donors (Lipinski definition) is 2. The van der Waals surface area contributed by atoms with Crippen LogP contribution in [0.3, 0.4) is 0 Å². The summed E-state index contributed by atoms with van der Waals surface area (Å²) in [6.07, 6.45) is -0.173. The molecule has 140 valence electrons. The number of cyclic esters (lactones) is 1. The van der Waals surface area contributed by atoms with Crippen LogP contribution in [-0.2, 0) is 4.74 Å². The quantitative estimate of drug-likeness (QED) is 0.341. The Balaban J connectivity index is 1.97. The van der Waals surface area contributed by atoms with E-state index in [1.807, 2.05) is 30.3 Å². The molecule has 0 saturated carbocycles. The highest BCUT2D eigenvalue weighted by atomic mass is 32.1. The van der Waals surface area contributed by atoms with Gasteiger partial charge in [-0.05, 0) is 23.8 Å². The van der Waals surface area contributed by atoms with Crippen LogP contribution >= 0.6 is 12.2 Å². The standard InChI is InChI=1S/C19H19N3O4S/c1-24-14-9-8-12-15(26-18(23)16(12)17(14)25-2)10-13(21-22-19(20)27)11-6-4-3-5-7-11/h3-9,15H,10H2,1-2H3,(H3,20,22,27). The molecule has 1 heterocycles. The smallest absolute Gasteiger partial charge is 0.343 e. The van der Waals surface area contributed by atoms with Gasteiger partial charge in [0.1, 0.15) is 11.7 Å². The lowest BCUT2D eigenvalue weighted by atomic mass is 9.97. The summed E-state index contributed by atoms with van der Waals surface area (Å²) in [6, 6.07) is 13.1. The zero-order chi connectivity index (χ0) is 19.4. The molecule has 1 aliphatic heterocycles. The maximum Gasteiger partial charge on any atom is 0.343 e. The van der Waals surface area contributed by atoms with Crippen LogP contribution in [0.2, 0.25) is 0 Å². The lowest BCUT2D eigenvalue weighted by Gasteiger charge is -2.14. The first-order chi connectivity index (χ1) is 13.0. The first-order valence-electron chi connectivity index (χ1n) is 8.18. The van der Waals surface area contributed by atoms with E-state index in [2.05, 4.69) is 10.5 Å². The van der Waals surface area contributed by atoms with Crippen LogP contribution in [0.1, 0.15) is 34.0 Å². The van der Waals surface area contributed by atoms with E-state index in [1.54, 1.807) is 12.1 Å². The highest BCUT2D eigenvalue weighted by Gasteiger charge is 2.36. The fourth-order valence-corrected chi connectivity index (χ4v) is 3.03. The maximum atomic E-state index is 12.5. The molecule has 0 aliphatic carbocycles. The Hall–Kier alpha value is -3.13. The zero-order valence-electron chi connectivity index (χ0n) is 14.9. The summed E-state index contributed by atoms with van der Waals surface area (Å²) in [7, 11) is 3.01. The minimum Gasteiger partial charge on any atom is -0.493 e. The molecule has 0 aromatic heterocycles. The van der Waals surface area contributed by atoms with Crippen LogP contribution in [0.4, 0.5) is 0 Å². The van der Waals surface area contributed by atoms with Crippen molar-refractivity contribution in [3.05, 3.63) is 59.2 Å². The lowest BCUT2D eigenvalue weighted by molar-refractivity contribution is 0.0398. The summed E-state index contributed by atoms with van der Waals surface area (Å²) in [4.78, 5) is 12.5. The van der Waals surface area contributed by atoms with Gasteiger partial charge in [0.15, 0.2) is 16.6 Å². The summed E-state index contributed by atoms with van der Waals surface area (Å²) in [6.45, 7) is 0. The van der Waals surface area contributed by atoms with E-state index in [0.29, 0.717) is 29.2 Å². The molecule has 0 fully saturated rings. The number of thiocarbonyl (C=S) groups is 1. The summed E-state index contributed by atoms with van der Waals surface area (Å²) < 4.78 is 16.2. The van der Waals surface area contributed by atoms with Crippen molar-refractivity contribution in [2.24, 2.45) is 10.8 Å². The van der Waals surface area contributed by atoms with Crippen LogP contribution in [0, 0.1) is 0 Å². The predicted octanol–water partition coefficient (Wildman–Crippen LogP) is 2.54. The molecule has 7 nitrogen and oxygen atoms in total. The molecule has 27 heavy (non-hydrogen) atoms. The number of fused-ring (bicyclic) bond motifs is 1. The average Bonchev–Trinajstić information content (AvgIpc) is 3.00. The monoisotopic (exact) mass is 385 g/mol. The van der Waals surface area contributed by atoms with Crippen LogP contribution in [0.25, 0.3) is 0 Å². The highest BCUT2D eigenvalue weighted by molar-refractivity contribution is 7.80. The molecule has 8 heteroatoms. The maximum absolute atomic E-state index is 12.5. The van der Waals surface area contributed by atoms with Crippen molar-refractivity contribution in [3.8, 4) is 11.5 Å². The molecule has 0 spiro atoms. The number of esters is 1.